The number of hydrogen-bond donors (Lipinski definition) is 5. The molecule has 6 N–H and O–H groups in total. The topological polar surface area (TPSA) is 119 Å². The Balaban J connectivity index is 1.14. The van der Waals surface area contributed by atoms with Crippen molar-refractivity contribution < 1.29 is 24.8 Å². The van der Waals surface area contributed by atoms with Gasteiger partial charge in [0.25, 0.3) is 0 Å². The molecule has 3 saturated carbocycles. The molecule has 3 fully saturated rings. The van der Waals surface area contributed by atoms with E-state index >= 15 is 0 Å². The van der Waals surface area contributed by atoms with E-state index in [0.29, 0.717) is 36.8 Å². The van der Waals surface area contributed by atoms with Crippen molar-refractivity contribution in [2.75, 3.05) is 26.3 Å². The molecular weight excluding hydrogens is 614 g/mol. The number of aryl methyl sites for hydroxylation is 1. The molecule has 3 aliphatic carbocycles. The third-order valence-electron chi connectivity index (χ3n) is 11.7. The van der Waals surface area contributed by atoms with Crippen LogP contribution in [0.2, 0.25) is 0 Å². The van der Waals surface area contributed by atoms with Crippen LogP contribution in [0.5, 0.6) is 11.5 Å². The maximum absolute atomic E-state index is 10.9. The summed E-state index contributed by atoms with van der Waals surface area (Å²) in [6, 6.07) is 6.06. The fourth-order valence-corrected chi connectivity index (χ4v) is 9.02. The largest absolute Gasteiger partial charge is 0.504 e. The lowest BCUT2D eigenvalue weighted by atomic mass is 9.77. The number of hydrogen-bond acceptors (Lipinski definition) is 7. The van der Waals surface area contributed by atoms with Crippen LogP contribution < -0.4 is 15.4 Å². The van der Waals surface area contributed by atoms with Crippen molar-refractivity contribution in [3.63, 3.8) is 0 Å². The van der Waals surface area contributed by atoms with Gasteiger partial charge in [-0.1, -0.05) is 51.5 Å². The van der Waals surface area contributed by atoms with Crippen LogP contribution >= 0.6 is 0 Å². The number of aliphatic hydroxyl groups excluding tert-OH is 2. The number of nitrogens with one attached hydrogen (secondary N) is 2. The first-order chi connectivity index (χ1) is 23.9. The molecule has 0 spiro atoms. The molecule has 6 unspecified atom stereocenters. The molecule has 8 nitrogen and oxygen atoms in total. The molecule has 0 bridgehead atoms. The third kappa shape index (κ3) is 9.44. The quantitative estimate of drug-likeness (QED) is 0.0983. The van der Waals surface area contributed by atoms with Crippen LogP contribution in [0.1, 0.15) is 109 Å². The second-order valence-corrected chi connectivity index (χ2v) is 15.4. The zero-order chi connectivity index (χ0) is 34.2. The van der Waals surface area contributed by atoms with Crippen molar-refractivity contribution in [3.05, 3.63) is 59.2 Å². The summed E-state index contributed by atoms with van der Waals surface area (Å²) in [6.07, 6.45) is 22.4. The smallest absolute Gasteiger partial charge is 0.196 e. The van der Waals surface area contributed by atoms with E-state index in [1.54, 1.807) is 6.07 Å². The minimum atomic E-state index is -0.357. The van der Waals surface area contributed by atoms with Crippen LogP contribution in [-0.2, 0) is 6.42 Å². The molecular formula is C41H62N3O5+. The monoisotopic (exact) mass is 676 g/mol. The Morgan fingerprint density at radius 2 is 1.98 bits per heavy atom. The zero-order valence-electron chi connectivity index (χ0n) is 30.0. The minimum Gasteiger partial charge on any atom is -0.504 e. The van der Waals surface area contributed by atoms with Gasteiger partial charge in [-0.05, 0) is 81.4 Å². The molecule has 49 heavy (non-hydrogen) atoms. The first-order valence-electron chi connectivity index (χ1n) is 19.6. The summed E-state index contributed by atoms with van der Waals surface area (Å²) >= 11 is 0. The van der Waals surface area contributed by atoms with Gasteiger partial charge in [0.05, 0.1) is 18.1 Å². The van der Waals surface area contributed by atoms with Gasteiger partial charge in [0.1, 0.15) is 30.4 Å². The van der Waals surface area contributed by atoms with E-state index in [1.807, 2.05) is 19.1 Å². The van der Waals surface area contributed by atoms with Crippen molar-refractivity contribution in [3.8, 4) is 11.5 Å². The number of benzene rings is 1. The van der Waals surface area contributed by atoms with Crippen LogP contribution in [-0.4, -0.2) is 76.4 Å². The third-order valence-corrected chi connectivity index (χ3v) is 11.7. The average Bonchev–Trinajstić information content (AvgIpc) is 3.84. The lowest BCUT2D eigenvalue weighted by Crippen LogP contribution is -2.43. The Kier molecular flexibility index (Phi) is 13.1. The van der Waals surface area contributed by atoms with Crippen molar-refractivity contribution >= 4 is 5.71 Å². The summed E-state index contributed by atoms with van der Waals surface area (Å²) in [4.78, 5) is 5.34. The lowest BCUT2D eigenvalue weighted by molar-refractivity contribution is -0.0550. The Hall–Kier alpha value is -2.49. The van der Waals surface area contributed by atoms with E-state index in [0.717, 1.165) is 73.9 Å². The van der Waals surface area contributed by atoms with Gasteiger partial charge in [-0.15, -0.1) is 16.6 Å². The predicted molar refractivity (Wildman–Crippen MR) is 197 cm³/mol. The van der Waals surface area contributed by atoms with Gasteiger partial charge in [0.2, 0.25) is 0 Å². The number of allylic oxidation sites excluding steroid dienone is 1. The lowest BCUT2D eigenvalue weighted by Gasteiger charge is -2.27. The summed E-state index contributed by atoms with van der Waals surface area (Å²) in [5, 5.41) is 38.2. The van der Waals surface area contributed by atoms with E-state index in [1.165, 1.54) is 69.4 Å². The van der Waals surface area contributed by atoms with E-state index < -0.39 is 0 Å². The fraction of sp³-hybridized carbons (Fsp3) is 0.683. The number of phenolic OH excluding ortho intramolecular Hbond substituents is 1. The van der Waals surface area contributed by atoms with Gasteiger partial charge >= 0.3 is 0 Å². The maximum atomic E-state index is 10.9. The molecule has 270 valence electrons. The molecule has 2 heterocycles. The highest BCUT2D eigenvalue weighted by Gasteiger charge is 2.49. The molecule has 0 radical (unpaired) electrons. The Labute approximate surface area is 294 Å². The van der Waals surface area contributed by atoms with Gasteiger partial charge in [0.15, 0.2) is 23.2 Å². The highest BCUT2D eigenvalue weighted by molar-refractivity contribution is 6.03. The highest BCUT2D eigenvalue weighted by atomic mass is 16.5. The predicted octanol–water partition coefficient (Wildman–Crippen LogP) is 6.26. The molecule has 6 atom stereocenters. The Morgan fingerprint density at radius 3 is 2.78 bits per heavy atom. The molecule has 0 amide bonds. The molecule has 8 heteroatoms. The number of aliphatic hydroxyl groups is 4. The Bertz CT molecular complexity index is 1300. The summed E-state index contributed by atoms with van der Waals surface area (Å²) < 4.78 is 11.4. The van der Waals surface area contributed by atoms with Crippen LogP contribution in [0.25, 0.3) is 0 Å². The number of nitrogens with zero attached hydrogens (tertiary/aromatic N) is 1. The number of aromatic hydroxyl groups is 1. The van der Waals surface area contributed by atoms with Gasteiger partial charge in [-0.3, -0.25) is 5.32 Å². The summed E-state index contributed by atoms with van der Waals surface area (Å²) in [6.45, 7) is 5.99. The number of fused-ring (bicyclic) bond motifs is 2. The standard InChI is InChI=1S/C41H61N3O5/c1-3-4-13-40-30(25-45)21-32(49-40)17-14-28-15-19-39(47)41(20-28)48-26-38(43-31-10-6-5-7-11-31)37-22-34-35(24-42-23-27(2)46)33-12-8-9-29(33)16-18-36(34)44-37/h15,19-22,27,29,31,33,35,38,40,42-43,45-46,49H,3-14,16-18,23-26H2,1-2H3/p+1. The van der Waals surface area contributed by atoms with Crippen molar-refractivity contribution in [1.29, 1.82) is 0 Å². The van der Waals surface area contributed by atoms with Crippen LogP contribution in [0.3, 0.4) is 0 Å². The zero-order valence-corrected chi connectivity index (χ0v) is 30.0. The van der Waals surface area contributed by atoms with Crippen molar-refractivity contribution in [2.24, 2.45) is 22.7 Å². The molecule has 6 rings (SSSR count). The molecule has 0 saturated heterocycles. The molecule has 2 aliphatic heterocycles. The van der Waals surface area contributed by atoms with Crippen LogP contribution in [0.4, 0.5) is 0 Å². The first kappa shape index (κ1) is 36.3. The van der Waals surface area contributed by atoms with E-state index in [2.05, 4.69) is 29.7 Å². The second kappa shape index (κ2) is 17.6. The van der Waals surface area contributed by atoms with Crippen LogP contribution in [0, 0.1) is 29.8 Å². The summed E-state index contributed by atoms with van der Waals surface area (Å²) in [7, 11) is 0. The number of rotatable bonds is 17. The number of phenols is 1. The number of unbranched alkanes of at least 4 members (excludes halogenated alkanes) is 1. The highest BCUT2D eigenvalue weighted by Crippen LogP contribution is 2.48. The number of ether oxygens (including phenoxy) is 2. The van der Waals surface area contributed by atoms with E-state index in [4.69, 9.17) is 14.5 Å². The average molecular weight is 677 g/mol. The van der Waals surface area contributed by atoms with Gasteiger partial charge in [-0.25, -0.2) is 0 Å². The fourth-order valence-electron chi connectivity index (χ4n) is 9.02. The van der Waals surface area contributed by atoms with Gasteiger partial charge in [0, 0.05) is 38.6 Å². The normalized spacial score (nSPS) is 26.9. The summed E-state index contributed by atoms with van der Waals surface area (Å²) in [5.74, 6) is 3.91. The minimum absolute atomic E-state index is 0.0670. The Morgan fingerprint density at radius 1 is 1.12 bits per heavy atom. The maximum Gasteiger partial charge on any atom is 0.196 e. The first-order valence-corrected chi connectivity index (χ1v) is 19.6. The summed E-state index contributed by atoms with van der Waals surface area (Å²) in [5.41, 5.74) is 4.43. The van der Waals surface area contributed by atoms with Crippen molar-refractivity contribution in [2.45, 2.75) is 134 Å². The van der Waals surface area contributed by atoms with E-state index in [-0.39, 0.29) is 30.6 Å². The molecule has 1 aromatic carbocycles. The number of aliphatic imine (C=N–C) groups is 1. The SMILES string of the molecule is CCCCC1[OH+][C-](CCc2ccc(O)c(OCC(NC3CCCCC3)C3=C[C+]4C(=N3)CCC3CCCC3C4CNCC(C)O)c2)C=C1CO. The van der Waals surface area contributed by atoms with Gasteiger partial charge in [-0.2, -0.15) is 0 Å². The molecule has 0 aromatic heterocycles. The second-order valence-electron chi connectivity index (χ2n) is 15.4. The van der Waals surface area contributed by atoms with Gasteiger partial charge < -0.3 is 30.1 Å². The van der Waals surface area contributed by atoms with E-state index in [9.17, 15) is 15.3 Å². The molecule has 5 aliphatic rings. The molecule has 1 aromatic rings. The van der Waals surface area contributed by atoms with Crippen molar-refractivity contribution in [1.82, 2.24) is 10.6 Å². The van der Waals surface area contributed by atoms with Crippen LogP contribution in [0.15, 0.2) is 46.6 Å².